The molecule has 0 spiro atoms. The van der Waals surface area contributed by atoms with Crippen LogP contribution in [0.25, 0.3) is 0 Å². The maximum absolute atomic E-state index is 11.0. The molecule has 14 heavy (non-hydrogen) atoms. The molecule has 0 fully saturated rings. The molecule has 0 aromatic rings. The third kappa shape index (κ3) is 4.61. The Bertz CT molecular complexity index is 171. The van der Waals surface area contributed by atoms with Gasteiger partial charge in [0.1, 0.15) is 5.54 Å². The molecule has 0 rings (SSSR count). The van der Waals surface area contributed by atoms with Crippen molar-refractivity contribution < 1.29 is 9.90 Å². The van der Waals surface area contributed by atoms with E-state index in [0.717, 1.165) is 32.1 Å². The van der Waals surface area contributed by atoms with Gasteiger partial charge in [-0.1, -0.05) is 46.0 Å². The average Bonchev–Trinajstić information content (AvgIpc) is 2.15. The minimum absolute atomic E-state index is 0.600. The normalized spacial score (nSPS) is 15.1. The Hall–Kier alpha value is -0.570. The summed E-state index contributed by atoms with van der Waals surface area (Å²) in [5.41, 5.74) is 4.89. The number of hydrogen-bond donors (Lipinski definition) is 2. The van der Waals surface area contributed by atoms with Crippen LogP contribution in [0.2, 0.25) is 0 Å². The van der Waals surface area contributed by atoms with Crippen molar-refractivity contribution in [1.29, 1.82) is 0 Å². The summed E-state index contributed by atoms with van der Waals surface area (Å²) in [6, 6.07) is 0. The van der Waals surface area contributed by atoms with E-state index in [1.807, 2.05) is 6.92 Å². The molecule has 3 N–H and O–H groups in total. The lowest BCUT2D eigenvalue weighted by atomic mass is 9.88. The van der Waals surface area contributed by atoms with E-state index in [1.54, 1.807) is 0 Å². The lowest BCUT2D eigenvalue weighted by molar-refractivity contribution is -0.144. The highest BCUT2D eigenvalue weighted by molar-refractivity contribution is 5.78. The molecule has 0 unspecified atom stereocenters. The first-order valence-electron chi connectivity index (χ1n) is 5.59. The highest BCUT2D eigenvalue weighted by atomic mass is 16.4. The quantitative estimate of drug-likeness (QED) is 0.593. The molecule has 0 saturated heterocycles. The molecule has 0 saturated carbocycles. The van der Waals surface area contributed by atoms with Crippen LogP contribution in [0.15, 0.2) is 0 Å². The van der Waals surface area contributed by atoms with Crippen LogP contribution in [-0.4, -0.2) is 16.6 Å². The van der Waals surface area contributed by atoms with Crippen LogP contribution in [0.3, 0.4) is 0 Å². The summed E-state index contributed by atoms with van der Waals surface area (Å²) in [5.74, 6) is -0.845. The molecule has 0 aromatic carbocycles. The zero-order chi connectivity index (χ0) is 11.0. The van der Waals surface area contributed by atoms with Crippen LogP contribution in [-0.2, 0) is 4.79 Å². The first-order valence-corrected chi connectivity index (χ1v) is 5.59. The maximum atomic E-state index is 11.0. The maximum Gasteiger partial charge on any atom is 0.323 e. The first kappa shape index (κ1) is 13.4. The highest BCUT2D eigenvalue weighted by Crippen LogP contribution is 2.19. The second-order valence-electron chi connectivity index (χ2n) is 4.02. The Labute approximate surface area is 86.7 Å². The lowest BCUT2D eigenvalue weighted by Crippen LogP contribution is -2.47. The number of hydrogen-bond acceptors (Lipinski definition) is 2. The third-order valence-electron chi connectivity index (χ3n) is 2.63. The Kier molecular flexibility index (Phi) is 6.54. The molecular weight excluding hydrogens is 178 g/mol. The number of nitrogens with two attached hydrogens (primary N) is 1. The van der Waals surface area contributed by atoms with Crippen LogP contribution < -0.4 is 5.73 Å². The van der Waals surface area contributed by atoms with Crippen LogP contribution >= 0.6 is 0 Å². The van der Waals surface area contributed by atoms with E-state index in [1.165, 1.54) is 0 Å². The Morgan fingerprint density at radius 1 is 1.14 bits per heavy atom. The SMILES string of the molecule is CCCCC[C@](N)(CCCC)C(=O)O. The van der Waals surface area contributed by atoms with Gasteiger partial charge in [-0.25, -0.2) is 0 Å². The van der Waals surface area contributed by atoms with Gasteiger partial charge in [-0.3, -0.25) is 4.79 Å². The van der Waals surface area contributed by atoms with Crippen molar-refractivity contribution in [3.8, 4) is 0 Å². The number of aliphatic carboxylic acids is 1. The van der Waals surface area contributed by atoms with Crippen molar-refractivity contribution in [2.24, 2.45) is 5.73 Å². The lowest BCUT2D eigenvalue weighted by Gasteiger charge is -2.24. The largest absolute Gasteiger partial charge is 0.480 e. The van der Waals surface area contributed by atoms with E-state index in [9.17, 15) is 4.79 Å². The molecule has 3 heteroatoms. The summed E-state index contributed by atoms with van der Waals surface area (Å²) in [5, 5.41) is 9.03. The van der Waals surface area contributed by atoms with Crippen LogP contribution in [0.5, 0.6) is 0 Å². The number of carboxylic acids is 1. The van der Waals surface area contributed by atoms with Gasteiger partial charge in [-0.15, -0.1) is 0 Å². The van der Waals surface area contributed by atoms with Gasteiger partial charge in [0.05, 0.1) is 0 Å². The summed E-state index contributed by atoms with van der Waals surface area (Å²) >= 11 is 0. The number of unbranched alkanes of at least 4 members (excludes halogenated alkanes) is 3. The second kappa shape index (κ2) is 6.82. The summed E-state index contributed by atoms with van der Waals surface area (Å²) in [6.45, 7) is 4.15. The molecule has 0 aromatic heterocycles. The highest BCUT2D eigenvalue weighted by Gasteiger charge is 2.32. The molecule has 0 bridgehead atoms. The third-order valence-corrected chi connectivity index (χ3v) is 2.63. The van der Waals surface area contributed by atoms with Gasteiger partial charge in [0.2, 0.25) is 0 Å². The molecule has 1 atom stereocenters. The van der Waals surface area contributed by atoms with Gasteiger partial charge in [0, 0.05) is 0 Å². The Balaban J connectivity index is 4.03. The average molecular weight is 201 g/mol. The minimum Gasteiger partial charge on any atom is -0.480 e. The number of rotatable bonds is 8. The Morgan fingerprint density at radius 3 is 2.07 bits per heavy atom. The van der Waals surface area contributed by atoms with E-state index >= 15 is 0 Å². The van der Waals surface area contributed by atoms with Gasteiger partial charge >= 0.3 is 5.97 Å². The molecule has 0 radical (unpaired) electrons. The van der Waals surface area contributed by atoms with Crippen LogP contribution in [0, 0.1) is 0 Å². The van der Waals surface area contributed by atoms with Gasteiger partial charge in [-0.2, -0.15) is 0 Å². The predicted molar refractivity (Wildman–Crippen MR) is 58.2 cm³/mol. The number of carboxylic acid groups (broad SMARTS) is 1. The van der Waals surface area contributed by atoms with E-state index < -0.39 is 11.5 Å². The fourth-order valence-corrected chi connectivity index (χ4v) is 1.52. The van der Waals surface area contributed by atoms with Gasteiger partial charge in [-0.05, 0) is 12.8 Å². The minimum atomic E-state index is -0.981. The summed E-state index contributed by atoms with van der Waals surface area (Å²) in [6.07, 6.45) is 6.19. The van der Waals surface area contributed by atoms with E-state index in [2.05, 4.69) is 6.92 Å². The number of carbonyl (C=O) groups is 1. The molecule has 0 aliphatic carbocycles. The monoisotopic (exact) mass is 201 g/mol. The van der Waals surface area contributed by atoms with Gasteiger partial charge in [0.25, 0.3) is 0 Å². The van der Waals surface area contributed by atoms with Gasteiger partial charge < -0.3 is 10.8 Å². The first-order chi connectivity index (χ1) is 6.56. The van der Waals surface area contributed by atoms with Gasteiger partial charge in [0.15, 0.2) is 0 Å². The zero-order valence-corrected chi connectivity index (χ0v) is 9.38. The van der Waals surface area contributed by atoms with Crippen molar-refractivity contribution in [1.82, 2.24) is 0 Å². The fraction of sp³-hybridized carbons (Fsp3) is 0.909. The topological polar surface area (TPSA) is 63.3 Å². The van der Waals surface area contributed by atoms with Crippen LogP contribution in [0.1, 0.15) is 58.8 Å². The molecular formula is C11H23NO2. The summed E-state index contributed by atoms with van der Waals surface area (Å²) in [7, 11) is 0. The smallest absolute Gasteiger partial charge is 0.323 e. The van der Waals surface area contributed by atoms with E-state index in [-0.39, 0.29) is 0 Å². The second-order valence-corrected chi connectivity index (χ2v) is 4.02. The van der Waals surface area contributed by atoms with Crippen LogP contribution in [0.4, 0.5) is 0 Å². The molecule has 84 valence electrons. The molecule has 0 aliphatic rings. The van der Waals surface area contributed by atoms with Crippen molar-refractivity contribution >= 4 is 5.97 Å². The predicted octanol–water partition coefficient (Wildman–Crippen LogP) is 2.54. The summed E-state index contributed by atoms with van der Waals surface area (Å²) in [4.78, 5) is 11.0. The van der Waals surface area contributed by atoms with Crippen molar-refractivity contribution in [3.05, 3.63) is 0 Å². The Morgan fingerprint density at radius 2 is 1.64 bits per heavy atom. The molecule has 0 heterocycles. The standard InChI is InChI=1S/C11H23NO2/c1-3-5-7-9-11(12,10(13)14)8-6-4-2/h3-9,12H2,1-2H3,(H,13,14)/t11-/m1/s1. The molecule has 3 nitrogen and oxygen atoms in total. The fourth-order valence-electron chi connectivity index (χ4n) is 1.52. The van der Waals surface area contributed by atoms with Crippen molar-refractivity contribution in [2.75, 3.05) is 0 Å². The molecule has 0 aliphatic heterocycles. The zero-order valence-electron chi connectivity index (χ0n) is 9.38. The molecule has 0 amide bonds. The summed E-state index contributed by atoms with van der Waals surface area (Å²) < 4.78 is 0. The van der Waals surface area contributed by atoms with E-state index in [0.29, 0.717) is 12.8 Å². The van der Waals surface area contributed by atoms with Crippen molar-refractivity contribution in [2.45, 2.75) is 64.3 Å². The van der Waals surface area contributed by atoms with Crippen molar-refractivity contribution in [3.63, 3.8) is 0 Å². The van der Waals surface area contributed by atoms with E-state index in [4.69, 9.17) is 10.8 Å².